The number of allylic oxidation sites excluding steroid dienone is 1. The van der Waals surface area contributed by atoms with Gasteiger partial charge in [0.15, 0.2) is 0 Å². The molecule has 0 aromatic heterocycles. The number of aliphatic hydroxyl groups is 1. The van der Waals surface area contributed by atoms with E-state index in [1.165, 1.54) is 0 Å². The normalized spacial score (nSPS) is 19.5. The van der Waals surface area contributed by atoms with Gasteiger partial charge in [0, 0.05) is 12.3 Å². The lowest BCUT2D eigenvalue weighted by Gasteiger charge is -2.39. The van der Waals surface area contributed by atoms with Crippen LogP contribution in [-0.4, -0.2) is 11.1 Å². The molecule has 2 unspecified atom stereocenters. The fourth-order valence-electron chi connectivity index (χ4n) is 4.32. The summed E-state index contributed by atoms with van der Waals surface area (Å²) >= 11 is 0. The highest BCUT2D eigenvalue weighted by Gasteiger charge is 2.44. The summed E-state index contributed by atoms with van der Waals surface area (Å²) in [5.74, 6) is -0.840. The zero-order valence-electron chi connectivity index (χ0n) is 17.4. The number of ether oxygens (including phenoxy) is 1. The van der Waals surface area contributed by atoms with Gasteiger partial charge in [0.1, 0.15) is 11.4 Å². The van der Waals surface area contributed by atoms with Crippen molar-refractivity contribution in [2.24, 2.45) is 0 Å². The van der Waals surface area contributed by atoms with Crippen molar-refractivity contribution in [2.75, 3.05) is 0 Å². The lowest BCUT2D eigenvalue weighted by Crippen LogP contribution is -2.39. The predicted molar refractivity (Wildman–Crippen MR) is 123 cm³/mol. The van der Waals surface area contributed by atoms with Crippen LogP contribution in [0.3, 0.4) is 0 Å². The molecule has 31 heavy (non-hydrogen) atoms. The first-order chi connectivity index (χ1) is 15.1. The van der Waals surface area contributed by atoms with Crippen LogP contribution in [-0.2, 0) is 21.6 Å². The Morgan fingerprint density at radius 2 is 1.52 bits per heavy atom. The molecule has 156 valence electrons. The lowest BCUT2D eigenvalue weighted by atomic mass is 9.79. The molecule has 2 atom stereocenters. The van der Waals surface area contributed by atoms with E-state index in [0.717, 1.165) is 23.1 Å². The smallest absolute Gasteiger partial charge is 0.339 e. The van der Waals surface area contributed by atoms with Crippen LogP contribution in [0.1, 0.15) is 35.4 Å². The van der Waals surface area contributed by atoms with Crippen LogP contribution in [0.4, 0.5) is 0 Å². The van der Waals surface area contributed by atoms with Crippen molar-refractivity contribution in [3.8, 4) is 0 Å². The Morgan fingerprint density at radius 3 is 2.10 bits per heavy atom. The number of cyclic esters (lactones) is 1. The summed E-state index contributed by atoms with van der Waals surface area (Å²) in [6, 6.07) is 29.4. The molecule has 0 fully saturated rings. The number of rotatable bonds is 7. The van der Waals surface area contributed by atoms with Crippen LogP contribution in [0.15, 0.2) is 115 Å². The molecule has 1 N–H and O–H groups in total. The number of esters is 1. The van der Waals surface area contributed by atoms with Gasteiger partial charge in [0.2, 0.25) is 0 Å². The van der Waals surface area contributed by atoms with Crippen LogP contribution in [0.5, 0.6) is 0 Å². The number of carbonyl (C=O) groups is 1. The third-order valence-electron chi connectivity index (χ3n) is 5.94. The van der Waals surface area contributed by atoms with Crippen molar-refractivity contribution in [1.82, 2.24) is 0 Å². The zero-order chi connectivity index (χ0) is 21.7. The number of aryl methyl sites for hydroxylation is 1. The average Bonchev–Trinajstić information content (AvgIpc) is 2.82. The van der Waals surface area contributed by atoms with Crippen molar-refractivity contribution < 1.29 is 14.6 Å². The monoisotopic (exact) mass is 410 g/mol. The number of hydrogen-bond acceptors (Lipinski definition) is 3. The third-order valence-corrected chi connectivity index (χ3v) is 5.94. The van der Waals surface area contributed by atoms with Gasteiger partial charge in [-0.2, -0.15) is 0 Å². The first kappa shape index (κ1) is 20.7. The van der Waals surface area contributed by atoms with E-state index < -0.39 is 17.5 Å². The van der Waals surface area contributed by atoms with Crippen molar-refractivity contribution in [3.63, 3.8) is 0 Å². The van der Waals surface area contributed by atoms with E-state index in [9.17, 15) is 9.90 Å². The Hall–Kier alpha value is -3.59. The first-order valence-corrected chi connectivity index (χ1v) is 10.6. The van der Waals surface area contributed by atoms with Crippen LogP contribution in [0.2, 0.25) is 0 Å². The summed E-state index contributed by atoms with van der Waals surface area (Å²) in [7, 11) is 0. The fraction of sp³-hybridized carbons (Fsp3) is 0.179. The summed E-state index contributed by atoms with van der Waals surface area (Å²) in [6.07, 6.45) is 3.23. The number of benzene rings is 3. The molecule has 0 saturated heterocycles. The molecule has 3 aromatic carbocycles. The van der Waals surface area contributed by atoms with E-state index in [1.54, 1.807) is 6.08 Å². The minimum Gasteiger partial charge on any atom is -0.512 e. The quantitative estimate of drug-likeness (QED) is 0.370. The van der Waals surface area contributed by atoms with E-state index >= 15 is 0 Å². The predicted octanol–water partition coefficient (Wildman–Crippen LogP) is 6.24. The van der Waals surface area contributed by atoms with Gasteiger partial charge in [0.05, 0.1) is 5.57 Å². The Labute approximate surface area is 183 Å². The van der Waals surface area contributed by atoms with Gasteiger partial charge in [-0.25, -0.2) is 4.79 Å². The maximum atomic E-state index is 13.3. The van der Waals surface area contributed by atoms with Gasteiger partial charge in [-0.1, -0.05) is 97.1 Å². The summed E-state index contributed by atoms with van der Waals surface area (Å²) < 4.78 is 6.16. The minimum absolute atomic E-state index is 0.0712. The third kappa shape index (κ3) is 4.31. The standard InChI is InChI=1S/C28H26O3/c1-2-24(22-14-8-4-9-15-22)26-25(29)20-28(31-27(26)30,23-16-10-5-11-17-23)19-18-21-12-6-3-7-13-21/h2-17,24,29H,1,18-20H2. The highest BCUT2D eigenvalue weighted by Crippen LogP contribution is 2.44. The van der Waals surface area contributed by atoms with Crippen LogP contribution < -0.4 is 0 Å². The Bertz CT molecular complexity index is 1070. The molecule has 0 amide bonds. The maximum Gasteiger partial charge on any atom is 0.339 e. The zero-order valence-corrected chi connectivity index (χ0v) is 17.4. The topological polar surface area (TPSA) is 46.5 Å². The van der Waals surface area contributed by atoms with Crippen LogP contribution >= 0.6 is 0 Å². The Balaban J connectivity index is 1.71. The van der Waals surface area contributed by atoms with E-state index in [-0.39, 0.29) is 17.8 Å². The Kier molecular flexibility index (Phi) is 6.03. The molecule has 0 spiro atoms. The minimum atomic E-state index is -0.913. The van der Waals surface area contributed by atoms with E-state index in [1.807, 2.05) is 78.9 Å². The molecule has 3 nitrogen and oxygen atoms in total. The van der Waals surface area contributed by atoms with Gasteiger partial charge >= 0.3 is 5.97 Å². The van der Waals surface area contributed by atoms with Crippen molar-refractivity contribution in [3.05, 3.63) is 132 Å². The average molecular weight is 411 g/mol. The molecular formula is C28H26O3. The molecule has 1 aliphatic rings. The Morgan fingerprint density at radius 1 is 0.935 bits per heavy atom. The maximum absolute atomic E-state index is 13.3. The van der Waals surface area contributed by atoms with Gasteiger partial charge in [0.25, 0.3) is 0 Å². The largest absolute Gasteiger partial charge is 0.512 e. The molecule has 0 aliphatic carbocycles. The fourth-order valence-corrected chi connectivity index (χ4v) is 4.32. The molecule has 4 rings (SSSR count). The van der Waals surface area contributed by atoms with E-state index in [2.05, 4.69) is 18.7 Å². The van der Waals surface area contributed by atoms with Gasteiger partial charge in [-0.05, 0) is 29.5 Å². The van der Waals surface area contributed by atoms with Crippen LogP contribution in [0.25, 0.3) is 0 Å². The highest BCUT2D eigenvalue weighted by atomic mass is 16.6. The number of carbonyl (C=O) groups excluding carboxylic acids is 1. The second-order valence-electron chi connectivity index (χ2n) is 7.90. The lowest BCUT2D eigenvalue weighted by molar-refractivity contribution is -0.161. The van der Waals surface area contributed by atoms with Crippen molar-refractivity contribution in [1.29, 1.82) is 0 Å². The highest BCUT2D eigenvalue weighted by molar-refractivity contribution is 5.92. The molecule has 3 aromatic rings. The second-order valence-corrected chi connectivity index (χ2v) is 7.90. The molecule has 1 aliphatic heterocycles. The molecule has 0 saturated carbocycles. The van der Waals surface area contributed by atoms with Gasteiger partial charge in [-0.15, -0.1) is 6.58 Å². The summed E-state index contributed by atoms with van der Waals surface area (Å²) in [6.45, 7) is 3.90. The van der Waals surface area contributed by atoms with Crippen molar-refractivity contribution >= 4 is 5.97 Å². The van der Waals surface area contributed by atoms with Gasteiger partial charge in [-0.3, -0.25) is 0 Å². The SMILES string of the molecule is C=CC(C1=C(O)CC(CCc2ccccc2)(c2ccccc2)OC1=O)c1ccccc1. The first-order valence-electron chi connectivity index (χ1n) is 10.6. The van der Waals surface area contributed by atoms with E-state index in [4.69, 9.17) is 4.74 Å². The van der Waals surface area contributed by atoms with Crippen LogP contribution in [0, 0.1) is 0 Å². The summed E-state index contributed by atoms with van der Waals surface area (Å²) in [4.78, 5) is 13.3. The number of aliphatic hydroxyl groups excluding tert-OH is 1. The van der Waals surface area contributed by atoms with E-state index in [0.29, 0.717) is 6.42 Å². The number of hydrogen-bond donors (Lipinski definition) is 1. The molecule has 3 heteroatoms. The van der Waals surface area contributed by atoms with Crippen molar-refractivity contribution in [2.45, 2.75) is 30.8 Å². The summed E-state index contributed by atoms with van der Waals surface area (Å²) in [5.41, 5.74) is 2.31. The molecular weight excluding hydrogens is 384 g/mol. The summed E-state index contributed by atoms with van der Waals surface area (Å²) in [5, 5.41) is 11.1. The molecule has 1 heterocycles. The molecule has 0 bridgehead atoms. The van der Waals surface area contributed by atoms with Gasteiger partial charge < -0.3 is 9.84 Å². The second kappa shape index (κ2) is 9.05. The molecule has 0 radical (unpaired) electrons.